The zero-order valence-electron chi connectivity index (χ0n) is 15.4. The highest BCUT2D eigenvalue weighted by Gasteiger charge is 2.16. The molecule has 0 radical (unpaired) electrons. The second kappa shape index (κ2) is 9.02. The minimum Gasteiger partial charge on any atom is -0.459 e. The first kappa shape index (κ1) is 20.1. The lowest BCUT2D eigenvalue weighted by Gasteiger charge is -2.07. The minimum absolute atomic E-state index is 0.0203. The van der Waals surface area contributed by atoms with Crippen LogP contribution in [0.15, 0.2) is 53.1 Å². The van der Waals surface area contributed by atoms with E-state index in [1.54, 1.807) is 37.3 Å². The van der Waals surface area contributed by atoms with Gasteiger partial charge in [-0.15, -0.1) is 11.3 Å². The number of furan rings is 1. The Morgan fingerprint density at radius 3 is 2.55 bits per heavy atom. The van der Waals surface area contributed by atoms with Gasteiger partial charge >= 0.3 is 0 Å². The van der Waals surface area contributed by atoms with Gasteiger partial charge in [-0.1, -0.05) is 0 Å². The summed E-state index contributed by atoms with van der Waals surface area (Å²) < 4.78 is 5.05. The van der Waals surface area contributed by atoms with Gasteiger partial charge in [-0.3, -0.25) is 19.7 Å². The summed E-state index contributed by atoms with van der Waals surface area (Å²) in [7, 11) is 0. The summed E-state index contributed by atoms with van der Waals surface area (Å²) in [6.45, 7) is 2.61. The quantitative estimate of drug-likeness (QED) is 0.293. The molecular weight excluding hydrogens is 396 g/mol. The Labute approximate surface area is 169 Å². The SMILES string of the molecule is Cc1cc(NC(=O)c2ccco2)sc1C(=O)NCCNc1ccc([N+](=O)[O-])cc1. The van der Waals surface area contributed by atoms with Crippen LogP contribution in [-0.2, 0) is 0 Å². The second-order valence-corrected chi connectivity index (χ2v) is 7.09. The lowest BCUT2D eigenvalue weighted by molar-refractivity contribution is -0.384. The molecule has 0 bridgehead atoms. The molecule has 1 aromatic carbocycles. The number of aryl methyl sites for hydroxylation is 1. The Balaban J connectivity index is 1.48. The Bertz CT molecular complexity index is 1010. The van der Waals surface area contributed by atoms with Crippen LogP contribution in [0.5, 0.6) is 0 Å². The molecule has 2 amide bonds. The maximum Gasteiger partial charge on any atom is 0.291 e. The molecule has 9 nitrogen and oxygen atoms in total. The molecule has 3 aromatic rings. The van der Waals surface area contributed by atoms with Crippen LogP contribution in [-0.4, -0.2) is 29.8 Å². The van der Waals surface area contributed by atoms with Crippen LogP contribution in [0.2, 0.25) is 0 Å². The van der Waals surface area contributed by atoms with E-state index in [1.165, 1.54) is 29.7 Å². The Morgan fingerprint density at radius 1 is 1.14 bits per heavy atom. The number of hydrogen-bond acceptors (Lipinski definition) is 7. The van der Waals surface area contributed by atoms with E-state index in [0.717, 1.165) is 11.3 Å². The topological polar surface area (TPSA) is 127 Å². The van der Waals surface area contributed by atoms with Crippen molar-refractivity contribution < 1.29 is 18.9 Å². The fourth-order valence-corrected chi connectivity index (χ4v) is 3.50. The van der Waals surface area contributed by atoms with Crippen LogP contribution in [0.3, 0.4) is 0 Å². The maximum absolute atomic E-state index is 12.4. The summed E-state index contributed by atoms with van der Waals surface area (Å²) in [6, 6.07) is 11.0. The number of non-ortho nitro benzene ring substituents is 1. The van der Waals surface area contributed by atoms with Gasteiger partial charge in [0, 0.05) is 30.9 Å². The molecular formula is C19H18N4O5S. The number of hydrogen-bond donors (Lipinski definition) is 3. The van der Waals surface area contributed by atoms with Gasteiger partial charge in [0.25, 0.3) is 17.5 Å². The smallest absolute Gasteiger partial charge is 0.291 e. The van der Waals surface area contributed by atoms with Crippen molar-refractivity contribution in [2.24, 2.45) is 0 Å². The third-order valence-electron chi connectivity index (χ3n) is 3.92. The standard InChI is InChI=1S/C19H18N4O5S/c1-12-11-16(22-18(24)15-3-2-10-28-15)29-17(12)19(25)21-9-8-20-13-4-6-14(7-5-13)23(26)27/h2-7,10-11,20H,8-9H2,1H3,(H,21,25)(H,22,24). The van der Waals surface area contributed by atoms with Crippen molar-refractivity contribution in [1.82, 2.24) is 5.32 Å². The molecule has 0 atom stereocenters. The molecule has 0 saturated carbocycles. The van der Waals surface area contributed by atoms with E-state index in [0.29, 0.717) is 23.0 Å². The van der Waals surface area contributed by atoms with Crippen LogP contribution in [0, 0.1) is 17.0 Å². The largest absolute Gasteiger partial charge is 0.459 e. The number of carbonyl (C=O) groups is 2. The molecule has 2 heterocycles. The summed E-state index contributed by atoms with van der Waals surface area (Å²) in [5, 5.41) is 19.8. The van der Waals surface area contributed by atoms with E-state index in [-0.39, 0.29) is 23.3 Å². The highest BCUT2D eigenvalue weighted by atomic mass is 32.1. The van der Waals surface area contributed by atoms with Crippen LogP contribution in [0.4, 0.5) is 16.4 Å². The van der Waals surface area contributed by atoms with E-state index in [2.05, 4.69) is 16.0 Å². The fourth-order valence-electron chi connectivity index (χ4n) is 2.51. The van der Waals surface area contributed by atoms with E-state index >= 15 is 0 Å². The first-order valence-corrected chi connectivity index (χ1v) is 9.47. The summed E-state index contributed by atoms with van der Waals surface area (Å²) in [5.74, 6) is -0.425. The van der Waals surface area contributed by atoms with Crippen molar-refractivity contribution in [3.05, 3.63) is 75.0 Å². The summed E-state index contributed by atoms with van der Waals surface area (Å²) in [4.78, 5) is 35.1. The van der Waals surface area contributed by atoms with Gasteiger partial charge in [-0.2, -0.15) is 0 Å². The van der Waals surface area contributed by atoms with Gasteiger partial charge < -0.3 is 20.4 Å². The molecule has 0 saturated heterocycles. The average molecular weight is 414 g/mol. The van der Waals surface area contributed by atoms with Gasteiger partial charge in [-0.25, -0.2) is 0 Å². The molecule has 0 unspecified atom stereocenters. The molecule has 0 spiro atoms. The van der Waals surface area contributed by atoms with Gasteiger partial charge in [-0.05, 0) is 42.8 Å². The monoisotopic (exact) mass is 414 g/mol. The average Bonchev–Trinajstić information content (AvgIpc) is 3.35. The molecule has 10 heteroatoms. The predicted octanol–water partition coefficient (Wildman–Crippen LogP) is 3.65. The third-order valence-corrected chi connectivity index (χ3v) is 5.07. The molecule has 2 aromatic heterocycles. The number of anilines is 2. The molecule has 3 rings (SSSR count). The van der Waals surface area contributed by atoms with Gasteiger partial charge in [0.05, 0.1) is 21.1 Å². The highest BCUT2D eigenvalue weighted by Crippen LogP contribution is 2.27. The minimum atomic E-state index is -0.460. The van der Waals surface area contributed by atoms with Crippen LogP contribution in [0.1, 0.15) is 25.8 Å². The molecule has 29 heavy (non-hydrogen) atoms. The van der Waals surface area contributed by atoms with Crippen molar-refractivity contribution in [3.63, 3.8) is 0 Å². The number of rotatable bonds is 8. The normalized spacial score (nSPS) is 10.4. The van der Waals surface area contributed by atoms with Crippen LogP contribution >= 0.6 is 11.3 Å². The van der Waals surface area contributed by atoms with E-state index in [1.807, 2.05) is 0 Å². The van der Waals surface area contributed by atoms with Crippen molar-refractivity contribution in [2.75, 3.05) is 23.7 Å². The number of benzene rings is 1. The number of thiophene rings is 1. The first-order chi connectivity index (χ1) is 13.9. The lowest BCUT2D eigenvalue weighted by Crippen LogP contribution is -2.28. The van der Waals surface area contributed by atoms with Crippen LogP contribution < -0.4 is 16.0 Å². The van der Waals surface area contributed by atoms with Crippen molar-refractivity contribution in [2.45, 2.75) is 6.92 Å². The number of carbonyl (C=O) groups excluding carboxylic acids is 2. The van der Waals surface area contributed by atoms with E-state index < -0.39 is 4.92 Å². The number of amides is 2. The summed E-state index contributed by atoms with van der Waals surface area (Å²) in [5.41, 5.74) is 1.50. The molecule has 0 aliphatic carbocycles. The van der Waals surface area contributed by atoms with Gasteiger partial charge in [0.2, 0.25) is 0 Å². The third kappa shape index (κ3) is 5.20. The molecule has 0 aliphatic rings. The Morgan fingerprint density at radius 2 is 1.90 bits per heavy atom. The predicted molar refractivity (Wildman–Crippen MR) is 110 cm³/mol. The lowest BCUT2D eigenvalue weighted by atomic mass is 10.2. The van der Waals surface area contributed by atoms with Crippen molar-refractivity contribution in [3.8, 4) is 0 Å². The van der Waals surface area contributed by atoms with Gasteiger partial charge in [0.1, 0.15) is 0 Å². The Hall–Kier alpha value is -3.66. The van der Waals surface area contributed by atoms with Gasteiger partial charge in [0.15, 0.2) is 5.76 Å². The number of nitro benzene ring substituents is 1. The number of nitrogens with one attached hydrogen (secondary N) is 3. The zero-order valence-corrected chi connectivity index (χ0v) is 16.2. The molecule has 0 aliphatic heterocycles. The fraction of sp³-hybridized carbons (Fsp3) is 0.158. The molecule has 3 N–H and O–H groups in total. The molecule has 0 fully saturated rings. The van der Waals surface area contributed by atoms with Crippen LogP contribution in [0.25, 0.3) is 0 Å². The molecule has 150 valence electrons. The van der Waals surface area contributed by atoms with E-state index in [9.17, 15) is 19.7 Å². The van der Waals surface area contributed by atoms with E-state index in [4.69, 9.17) is 4.42 Å². The number of nitro groups is 1. The first-order valence-electron chi connectivity index (χ1n) is 8.66. The number of nitrogens with zero attached hydrogens (tertiary/aromatic N) is 1. The van der Waals surface area contributed by atoms with Crippen molar-refractivity contribution >= 4 is 39.5 Å². The van der Waals surface area contributed by atoms with Crippen molar-refractivity contribution in [1.29, 1.82) is 0 Å². The summed E-state index contributed by atoms with van der Waals surface area (Å²) >= 11 is 1.18. The highest BCUT2D eigenvalue weighted by molar-refractivity contribution is 7.18. The summed E-state index contributed by atoms with van der Waals surface area (Å²) in [6.07, 6.45) is 1.41. The maximum atomic E-state index is 12.4. The second-order valence-electron chi connectivity index (χ2n) is 6.04. The zero-order chi connectivity index (χ0) is 20.8. The Kier molecular flexibility index (Phi) is 6.25.